The molecule has 0 amide bonds. The van der Waals surface area contributed by atoms with Crippen LogP contribution < -0.4 is 9.47 Å². The predicted molar refractivity (Wildman–Crippen MR) is 106 cm³/mol. The van der Waals surface area contributed by atoms with Gasteiger partial charge in [0.1, 0.15) is 35.0 Å². The highest BCUT2D eigenvalue weighted by Gasteiger charge is 2.14. The lowest BCUT2D eigenvalue weighted by Gasteiger charge is -2.06. The summed E-state index contributed by atoms with van der Waals surface area (Å²) in [7, 11) is 0. The molecule has 0 aliphatic heterocycles. The van der Waals surface area contributed by atoms with Gasteiger partial charge in [0.15, 0.2) is 11.4 Å². The van der Waals surface area contributed by atoms with Crippen LogP contribution >= 0.6 is 11.3 Å². The first-order valence-corrected chi connectivity index (χ1v) is 9.71. The molecule has 5 aromatic rings. The van der Waals surface area contributed by atoms with Crippen LogP contribution in [0.15, 0.2) is 58.6 Å². The molecule has 1 aromatic carbocycles. The van der Waals surface area contributed by atoms with Crippen molar-refractivity contribution in [2.45, 2.75) is 13.5 Å². The largest absolute Gasteiger partial charge is 0.494 e. The molecule has 0 N–H and O–H groups in total. The maximum atomic E-state index is 5.87. The van der Waals surface area contributed by atoms with Gasteiger partial charge in [0.2, 0.25) is 5.82 Å². The zero-order valence-corrected chi connectivity index (χ0v) is 15.8. The molecule has 4 heterocycles. The van der Waals surface area contributed by atoms with Gasteiger partial charge in [-0.1, -0.05) is 0 Å². The molecule has 5 rings (SSSR count). The minimum atomic E-state index is 0.317. The molecule has 0 unspecified atom stereocenters. The lowest BCUT2D eigenvalue weighted by Crippen LogP contribution is -1.94. The van der Waals surface area contributed by atoms with E-state index >= 15 is 0 Å². The Hall–Kier alpha value is -3.39. The fraction of sp³-hybridized carbons (Fsp3) is 0.150. The minimum Gasteiger partial charge on any atom is -0.494 e. The molecular weight excluding hydrogens is 376 g/mol. The third-order valence-electron chi connectivity index (χ3n) is 4.20. The summed E-state index contributed by atoms with van der Waals surface area (Å²) in [6.45, 7) is 2.91. The Morgan fingerprint density at radius 1 is 1.04 bits per heavy atom. The van der Waals surface area contributed by atoms with E-state index in [1.54, 1.807) is 22.2 Å². The van der Waals surface area contributed by atoms with E-state index in [2.05, 4.69) is 15.1 Å². The Balaban J connectivity index is 1.33. The van der Waals surface area contributed by atoms with E-state index in [1.165, 1.54) is 0 Å². The monoisotopic (exact) mass is 392 g/mol. The molecule has 8 heteroatoms. The summed E-state index contributed by atoms with van der Waals surface area (Å²) in [5, 5.41) is 7.45. The number of hydrogen-bond donors (Lipinski definition) is 0. The Morgan fingerprint density at radius 2 is 1.86 bits per heavy atom. The van der Waals surface area contributed by atoms with Crippen molar-refractivity contribution in [3.63, 3.8) is 0 Å². The maximum Gasteiger partial charge on any atom is 0.217 e. The van der Waals surface area contributed by atoms with Crippen LogP contribution in [0.2, 0.25) is 0 Å². The number of furan rings is 1. The molecule has 7 nitrogen and oxygen atoms in total. The summed E-state index contributed by atoms with van der Waals surface area (Å²) in [5.74, 6) is 3.38. The molecule has 140 valence electrons. The van der Waals surface area contributed by atoms with Crippen molar-refractivity contribution in [2.24, 2.45) is 0 Å². The van der Waals surface area contributed by atoms with Crippen LogP contribution in [0.4, 0.5) is 0 Å². The van der Waals surface area contributed by atoms with Gasteiger partial charge in [-0.2, -0.15) is 0 Å². The van der Waals surface area contributed by atoms with Crippen molar-refractivity contribution >= 4 is 27.2 Å². The summed E-state index contributed by atoms with van der Waals surface area (Å²) in [6.07, 6.45) is 1.67. The van der Waals surface area contributed by atoms with Gasteiger partial charge in [-0.3, -0.25) is 0 Å². The first-order valence-electron chi connectivity index (χ1n) is 8.83. The van der Waals surface area contributed by atoms with Crippen LogP contribution in [0.1, 0.15) is 12.7 Å². The molecular formula is C20H16N4O3S. The Kier molecular flexibility index (Phi) is 4.17. The standard InChI is InChI=1S/C20H16N4O3S/c1-2-25-13-3-5-14(6-4-13)26-11-15-7-8-17(27-15)18-22-19-16-9-10-28-20(16)21-12-24(19)23-18/h3-10,12H,2,11H2,1H3. The topological polar surface area (TPSA) is 74.7 Å². The highest BCUT2D eigenvalue weighted by Crippen LogP contribution is 2.26. The van der Waals surface area contributed by atoms with E-state index in [4.69, 9.17) is 13.9 Å². The lowest BCUT2D eigenvalue weighted by molar-refractivity contribution is 0.271. The van der Waals surface area contributed by atoms with E-state index in [0.29, 0.717) is 30.6 Å². The predicted octanol–water partition coefficient (Wildman–Crippen LogP) is 4.58. The second kappa shape index (κ2) is 6.97. The van der Waals surface area contributed by atoms with Gasteiger partial charge < -0.3 is 13.9 Å². The number of nitrogens with zero attached hydrogens (tertiary/aromatic N) is 4. The van der Waals surface area contributed by atoms with Crippen LogP contribution in [0.3, 0.4) is 0 Å². The number of benzene rings is 1. The van der Waals surface area contributed by atoms with Crippen LogP contribution in [0.25, 0.3) is 27.4 Å². The van der Waals surface area contributed by atoms with E-state index in [1.807, 2.05) is 54.8 Å². The molecule has 0 saturated heterocycles. The van der Waals surface area contributed by atoms with Gasteiger partial charge in [0.25, 0.3) is 0 Å². The second-order valence-corrected chi connectivity index (χ2v) is 6.94. The lowest BCUT2D eigenvalue weighted by atomic mass is 10.3. The van der Waals surface area contributed by atoms with E-state index in [9.17, 15) is 0 Å². The Morgan fingerprint density at radius 3 is 2.68 bits per heavy atom. The molecule has 0 bridgehead atoms. The van der Waals surface area contributed by atoms with Crippen molar-refractivity contribution in [3.8, 4) is 23.1 Å². The van der Waals surface area contributed by atoms with E-state index < -0.39 is 0 Å². The minimum absolute atomic E-state index is 0.317. The summed E-state index contributed by atoms with van der Waals surface area (Å²) < 4.78 is 18.7. The van der Waals surface area contributed by atoms with Crippen molar-refractivity contribution in [1.29, 1.82) is 0 Å². The summed E-state index contributed by atoms with van der Waals surface area (Å²) in [5.41, 5.74) is 0.768. The number of thiophene rings is 1. The zero-order valence-electron chi connectivity index (χ0n) is 15.0. The third kappa shape index (κ3) is 3.07. The quantitative estimate of drug-likeness (QED) is 0.421. The summed E-state index contributed by atoms with van der Waals surface area (Å²) in [4.78, 5) is 9.93. The molecule has 28 heavy (non-hydrogen) atoms. The number of ether oxygens (including phenoxy) is 2. The van der Waals surface area contributed by atoms with Gasteiger partial charge >= 0.3 is 0 Å². The normalized spacial score (nSPS) is 11.3. The fourth-order valence-electron chi connectivity index (χ4n) is 2.90. The van der Waals surface area contributed by atoms with Crippen molar-refractivity contribution < 1.29 is 13.9 Å². The number of fused-ring (bicyclic) bond motifs is 3. The molecule has 0 fully saturated rings. The van der Waals surface area contributed by atoms with Gasteiger partial charge in [0, 0.05) is 0 Å². The van der Waals surface area contributed by atoms with Crippen LogP contribution in [0.5, 0.6) is 11.5 Å². The SMILES string of the molecule is CCOc1ccc(OCc2ccc(-c3nc4c5ccsc5ncn4n3)o2)cc1. The number of rotatable bonds is 6. The van der Waals surface area contributed by atoms with Crippen molar-refractivity contribution in [2.75, 3.05) is 6.61 Å². The van der Waals surface area contributed by atoms with Gasteiger partial charge in [-0.25, -0.2) is 14.5 Å². The number of aromatic nitrogens is 4. The first-order chi connectivity index (χ1) is 13.8. The summed E-state index contributed by atoms with van der Waals surface area (Å²) in [6, 6.07) is 13.2. The maximum absolute atomic E-state index is 5.87. The van der Waals surface area contributed by atoms with Gasteiger partial charge in [0.05, 0.1) is 12.0 Å². The first kappa shape index (κ1) is 16.8. The average Bonchev–Trinajstić information content (AvgIpc) is 3.45. The average molecular weight is 392 g/mol. The van der Waals surface area contributed by atoms with Crippen molar-refractivity contribution in [1.82, 2.24) is 19.6 Å². The molecule has 0 radical (unpaired) electrons. The van der Waals surface area contributed by atoms with Crippen LogP contribution in [-0.4, -0.2) is 26.2 Å². The zero-order chi connectivity index (χ0) is 18.9. The van der Waals surface area contributed by atoms with Gasteiger partial charge in [-0.15, -0.1) is 16.4 Å². The smallest absolute Gasteiger partial charge is 0.217 e. The Bertz CT molecular complexity index is 1240. The molecule has 0 spiro atoms. The molecule has 0 aliphatic carbocycles. The second-order valence-electron chi connectivity index (χ2n) is 6.05. The number of hydrogen-bond acceptors (Lipinski definition) is 7. The van der Waals surface area contributed by atoms with E-state index in [-0.39, 0.29) is 0 Å². The van der Waals surface area contributed by atoms with Crippen LogP contribution in [-0.2, 0) is 6.61 Å². The van der Waals surface area contributed by atoms with Crippen molar-refractivity contribution in [3.05, 3.63) is 59.9 Å². The van der Waals surface area contributed by atoms with Gasteiger partial charge in [-0.05, 0) is 54.8 Å². The fourth-order valence-corrected chi connectivity index (χ4v) is 3.63. The third-order valence-corrected chi connectivity index (χ3v) is 5.02. The summed E-state index contributed by atoms with van der Waals surface area (Å²) >= 11 is 1.58. The molecule has 0 saturated carbocycles. The van der Waals surface area contributed by atoms with E-state index in [0.717, 1.165) is 27.4 Å². The van der Waals surface area contributed by atoms with Crippen LogP contribution in [0, 0.1) is 0 Å². The highest BCUT2D eigenvalue weighted by atomic mass is 32.1. The Labute approximate surface area is 164 Å². The molecule has 0 atom stereocenters. The molecule has 4 aromatic heterocycles. The molecule has 0 aliphatic rings. The highest BCUT2D eigenvalue weighted by molar-refractivity contribution is 7.16.